The summed E-state index contributed by atoms with van der Waals surface area (Å²) in [4.78, 5) is 11.9. The van der Waals surface area contributed by atoms with Gasteiger partial charge in [-0.15, -0.1) is 0 Å². The summed E-state index contributed by atoms with van der Waals surface area (Å²) in [7, 11) is 0. The van der Waals surface area contributed by atoms with E-state index in [1.165, 1.54) is 0 Å². The van der Waals surface area contributed by atoms with Gasteiger partial charge in [-0.25, -0.2) is 0 Å². The lowest BCUT2D eigenvalue weighted by Crippen LogP contribution is -2.33. The Balaban J connectivity index is 2.11. The number of fused-ring (bicyclic) bond motifs is 1. The molecule has 1 heterocycles. The van der Waals surface area contributed by atoms with Gasteiger partial charge in [0.05, 0.1) is 16.9 Å². The molecule has 1 saturated carbocycles. The number of nitrogens with zero attached hydrogens (tertiary/aromatic N) is 1. The molecular formula is C15H16N2O. The molecule has 0 spiro atoms. The molecule has 3 heteroatoms. The van der Waals surface area contributed by atoms with Gasteiger partial charge in [-0.2, -0.15) is 5.26 Å². The van der Waals surface area contributed by atoms with Gasteiger partial charge >= 0.3 is 0 Å². The minimum atomic E-state index is -0.494. The summed E-state index contributed by atoms with van der Waals surface area (Å²) in [6.45, 7) is 3.86. The van der Waals surface area contributed by atoms with Crippen molar-refractivity contribution in [3.63, 3.8) is 0 Å². The maximum absolute atomic E-state index is 11.9. The maximum atomic E-state index is 11.9. The van der Waals surface area contributed by atoms with Crippen molar-refractivity contribution in [1.29, 1.82) is 5.26 Å². The summed E-state index contributed by atoms with van der Waals surface area (Å²) in [6.07, 6.45) is 2.99. The molecule has 3 nitrogen and oxygen atoms in total. The molecule has 0 radical (unpaired) electrons. The van der Waals surface area contributed by atoms with Crippen LogP contribution in [0.4, 0.5) is 5.69 Å². The van der Waals surface area contributed by atoms with Crippen LogP contribution in [0.2, 0.25) is 0 Å². The normalized spacial score (nSPS) is 22.6. The minimum absolute atomic E-state index is 0.0364. The number of nitriles is 1. The third-order valence-electron chi connectivity index (χ3n) is 4.48. The van der Waals surface area contributed by atoms with Gasteiger partial charge in [0.1, 0.15) is 0 Å². The molecule has 0 bridgehead atoms. The van der Waals surface area contributed by atoms with Crippen molar-refractivity contribution in [2.75, 3.05) is 5.32 Å². The first kappa shape index (κ1) is 11.3. The zero-order valence-electron chi connectivity index (χ0n) is 10.7. The average molecular weight is 240 g/mol. The van der Waals surface area contributed by atoms with E-state index in [0.717, 1.165) is 36.1 Å². The van der Waals surface area contributed by atoms with E-state index in [9.17, 15) is 10.1 Å². The highest BCUT2D eigenvalue weighted by atomic mass is 16.2. The molecular weight excluding hydrogens is 224 g/mol. The summed E-state index contributed by atoms with van der Waals surface area (Å²) >= 11 is 0. The molecule has 0 aromatic heterocycles. The number of nitrogens with one attached hydrogen (secondary N) is 1. The third kappa shape index (κ3) is 1.26. The summed E-state index contributed by atoms with van der Waals surface area (Å²) in [5.41, 5.74) is 2.18. The fourth-order valence-electron chi connectivity index (χ4n) is 2.86. The number of carbonyl (C=O) groups excluding carboxylic acids is 1. The number of rotatable bonds is 1. The molecule has 1 fully saturated rings. The van der Waals surface area contributed by atoms with Crippen LogP contribution in [0.3, 0.4) is 0 Å². The van der Waals surface area contributed by atoms with Crippen LogP contribution < -0.4 is 5.32 Å². The molecule has 92 valence electrons. The first-order valence-corrected chi connectivity index (χ1v) is 6.37. The lowest BCUT2D eigenvalue weighted by Gasteiger charge is -2.36. The van der Waals surface area contributed by atoms with Crippen LogP contribution in [0.5, 0.6) is 0 Å². The van der Waals surface area contributed by atoms with Crippen molar-refractivity contribution in [2.45, 2.75) is 43.9 Å². The van der Waals surface area contributed by atoms with Gasteiger partial charge in [0.15, 0.2) is 0 Å². The van der Waals surface area contributed by atoms with Crippen molar-refractivity contribution in [1.82, 2.24) is 0 Å². The van der Waals surface area contributed by atoms with Gasteiger partial charge in [-0.05, 0) is 50.3 Å². The second-order valence-corrected chi connectivity index (χ2v) is 5.89. The highest BCUT2D eigenvalue weighted by Crippen LogP contribution is 2.46. The molecule has 2 aliphatic rings. The Labute approximate surface area is 107 Å². The Hall–Kier alpha value is -1.82. The highest BCUT2D eigenvalue weighted by Gasteiger charge is 2.43. The number of anilines is 1. The van der Waals surface area contributed by atoms with Crippen LogP contribution in [0.15, 0.2) is 18.2 Å². The Bertz CT molecular complexity index is 577. The number of hydrogen-bond acceptors (Lipinski definition) is 2. The van der Waals surface area contributed by atoms with Crippen LogP contribution in [0, 0.1) is 11.3 Å². The number of benzene rings is 1. The Morgan fingerprint density at radius 3 is 2.61 bits per heavy atom. The van der Waals surface area contributed by atoms with Crippen LogP contribution in [0.1, 0.15) is 44.2 Å². The van der Waals surface area contributed by atoms with E-state index < -0.39 is 5.41 Å². The number of carbonyl (C=O) groups is 1. The zero-order chi connectivity index (χ0) is 13.0. The van der Waals surface area contributed by atoms with Gasteiger partial charge < -0.3 is 5.32 Å². The van der Waals surface area contributed by atoms with Gasteiger partial charge in [0, 0.05) is 5.69 Å². The molecule has 1 aliphatic heterocycles. The van der Waals surface area contributed by atoms with E-state index in [-0.39, 0.29) is 11.3 Å². The standard InChI is InChI=1S/C15H16N2O/c1-14(2)11-8-10(15(9-16)6-3-7-15)4-5-12(11)17-13(14)18/h4-5,8H,3,6-7H2,1-2H3,(H,17,18). The number of amides is 1. The molecule has 18 heavy (non-hydrogen) atoms. The van der Waals surface area contributed by atoms with E-state index >= 15 is 0 Å². The summed E-state index contributed by atoms with van der Waals surface area (Å²) in [5, 5.41) is 12.3. The van der Waals surface area contributed by atoms with Gasteiger partial charge in [0.25, 0.3) is 0 Å². The predicted molar refractivity (Wildman–Crippen MR) is 69.2 cm³/mol. The van der Waals surface area contributed by atoms with Gasteiger partial charge in [-0.3, -0.25) is 4.79 Å². The lowest BCUT2D eigenvalue weighted by atomic mass is 9.65. The molecule has 1 aromatic carbocycles. The van der Waals surface area contributed by atoms with Crippen LogP contribution in [-0.2, 0) is 15.6 Å². The van der Waals surface area contributed by atoms with Crippen molar-refractivity contribution >= 4 is 11.6 Å². The lowest BCUT2D eigenvalue weighted by molar-refractivity contribution is -0.119. The van der Waals surface area contributed by atoms with Crippen LogP contribution in [-0.4, -0.2) is 5.91 Å². The monoisotopic (exact) mass is 240 g/mol. The van der Waals surface area contributed by atoms with Crippen molar-refractivity contribution in [3.05, 3.63) is 29.3 Å². The second-order valence-electron chi connectivity index (χ2n) is 5.89. The number of hydrogen-bond donors (Lipinski definition) is 1. The Kier molecular flexibility index (Phi) is 2.10. The molecule has 0 atom stereocenters. The van der Waals surface area contributed by atoms with Gasteiger partial charge in [0.2, 0.25) is 5.91 Å². The Morgan fingerprint density at radius 2 is 2.06 bits per heavy atom. The quantitative estimate of drug-likeness (QED) is 0.820. The first-order valence-electron chi connectivity index (χ1n) is 6.37. The van der Waals surface area contributed by atoms with E-state index in [2.05, 4.69) is 17.5 Å². The SMILES string of the molecule is CC1(C)C(=O)Nc2ccc(C3(C#N)CCC3)cc21. The van der Waals surface area contributed by atoms with Crippen molar-refractivity contribution in [2.24, 2.45) is 0 Å². The summed E-state index contributed by atoms with van der Waals surface area (Å²) in [5.74, 6) is 0.0364. The van der Waals surface area contributed by atoms with E-state index in [1.807, 2.05) is 26.0 Å². The van der Waals surface area contributed by atoms with E-state index in [0.29, 0.717) is 0 Å². The fourth-order valence-corrected chi connectivity index (χ4v) is 2.86. The van der Waals surface area contributed by atoms with Crippen molar-refractivity contribution in [3.8, 4) is 6.07 Å². The van der Waals surface area contributed by atoms with Crippen LogP contribution in [0.25, 0.3) is 0 Å². The van der Waals surface area contributed by atoms with Crippen LogP contribution >= 0.6 is 0 Å². The summed E-state index contributed by atoms with van der Waals surface area (Å²) in [6, 6.07) is 8.44. The smallest absolute Gasteiger partial charge is 0.234 e. The maximum Gasteiger partial charge on any atom is 0.234 e. The molecule has 1 aliphatic carbocycles. The molecule has 1 amide bonds. The highest BCUT2D eigenvalue weighted by molar-refractivity contribution is 6.05. The van der Waals surface area contributed by atoms with Gasteiger partial charge in [-0.1, -0.05) is 12.1 Å². The molecule has 1 aromatic rings. The van der Waals surface area contributed by atoms with E-state index in [1.54, 1.807) is 0 Å². The molecule has 0 unspecified atom stereocenters. The minimum Gasteiger partial charge on any atom is -0.325 e. The Morgan fingerprint density at radius 1 is 1.33 bits per heavy atom. The largest absolute Gasteiger partial charge is 0.325 e. The zero-order valence-corrected chi connectivity index (χ0v) is 10.7. The predicted octanol–water partition coefficient (Wildman–Crippen LogP) is 2.86. The van der Waals surface area contributed by atoms with Crippen molar-refractivity contribution < 1.29 is 4.79 Å². The fraction of sp³-hybridized carbons (Fsp3) is 0.467. The molecule has 0 saturated heterocycles. The topological polar surface area (TPSA) is 52.9 Å². The molecule has 1 N–H and O–H groups in total. The van der Waals surface area contributed by atoms with E-state index in [4.69, 9.17) is 0 Å². The molecule has 3 rings (SSSR count). The third-order valence-corrected chi connectivity index (χ3v) is 4.48. The average Bonchev–Trinajstić information content (AvgIpc) is 2.50. The summed E-state index contributed by atoms with van der Waals surface area (Å²) < 4.78 is 0. The second kappa shape index (κ2) is 3.35. The first-order chi connectivity index (χ1) is 8.49.